The third kappa shape index (κ3) is 6.72. The fourth-order valence-corrected chi connectivity index (χ4v) is 7.67. The first kappa shape index (κ1) is 32.6. The van der Waals surface area contributed by atoms with E-state index in [9.17, 15) is 14.6 Å². The maximum Gasteiger partial charge on any atom is 0.213 e. The van der Waals surface area contributed by atoms with Crippen molar-refractivity contribution in [1.82, 2.24) is 4.98 Å². The molecule has 2 saturated carbocycles. The van der Waals surface area contributed by atoms with Crippen molar-refractivity contribution in [2.45, 2.75) is 83.9 Å². The Morgan fingerprint density at radius 3 is 2.40 bits per heavy atom. The van der Waals surface area contributed by atoms with Crippen LogP contribution in [-0.4, -0.2) is 45.9 Å². The zero-order chi connectivity index (χ0) is 32.3. The monoisotopic (exact) mass is 735 g/mol. The van der Waals surface area contributed by atoms with Crippen molar-refractivity contribution >= 4 is 23.0 Å². The summed E-state index contributed by atoms with van der Waals surface area (Å²) in [6.07, 6.45) is 3.44. The van der Waals surface area contributed by atoms with E-state index < -0.39 is 17.2 Å². The summed E-state index contributed by atoms with van der Waals surface area (Å²) in [5, 5.41) is 19.3. The molecule has 1 heterocycles. The first-order valence-electron chi connectivity index (χ1n) is 15.4. The Balaban J connectivity index is 1.12. The number of fused-ring (bicyclic) bond motifs is 3. The quantitative estimate of drug-likeness (QED) is 0.160. The van der Waals surface area contributed by atoms with Gasteiger partial charge in [-0.2, -0.15) is 0 Å². The Morgan fingerprint density at radius 1 is 1.04 bits per heavy atom. The Morgan fingerprint density at radius 2 is 1.76 bits per heavy atom. The van der Waals surface area contributed by atoms with Crippen LogP contribution in [0.3, 0.4) is 0 Å². The van der Waals surface area contributed by atoms with Crippen LogP contribution < -0.4 is 9.47 Å². The van der Waals surface area contributed by atoms with Gasteiger partial charge in [-0.3, -0.25) is 3.07 Å². The molecule has 4 atom stereocenters. The highest BCUT2D eigenvalue weighted by molar-refractivity contribution is 14.1. The van der Waals surface area contributed by atoms with Crippen LogP contribution in [0.1, 0.15) is 67.3 Å². The van der Waals surface area contributed by atoms with Crippen LogP contribution in [-0.2, 0) is 20.8 Å². The van der Waals surface area contributed by atoms with Crippen molar-refractivity contribution in [2.75, 3.05) is 13.2 Å². The van der Waals surface area contributed by atoms with Crippen LogP contribution in [0.5, 0.6) is 11.6 Å². The van der Waals surface area contributed by atoms with Gasteiger partial charge in [0, 0.05) is 35.4 Å². The number of aliphatic hydroxyl groups is 2. The van der Waals surface area contributed by atoms with Crippen molar-refractivity contribution in [1.29, 1.82) is 0 Å². The highest BCUT2D eigenvalue weighted by Crippen LogP contribution is 2.64. The van der Waals surface area contributed by atoms with Crippen LogP contribution in [0.2, 0.25) is 0 Å². The second-order valence-corrected chi connectivity index (χ2v) is 14.5. The number of benzene rings is 2. The average molecular weight is 736 g/mol. The van der Waals surface area contributed by atoms with Gasteiger partial charge >= 0.3 is 0 Å². The third-order valence-corrected chi connectivity index (χ3v) is 9.82. The number of aryl methyl sites for hydroxylation is 2. The number of aliphatic hydroxyl groups excluding tert-OH is 1. The maximum atomic E-state index is 15.2. The molecule has 7 nitrogen and oxygen atoms in total. The van der Waals surface area contributed by atoms with Gasteiger partial charge in [-0.1, -0.05) is 0 Å². The summed E-state index contributed by atoms with van der Waals surface area (Å²) in [5.74, 6) is 0.951. The van der Waals surface area contributed by atoms with E-state index in [1.807, 2.05) is 82.0 Å². The lowest BCUT2D eigenvalue weighted by atomic mass is 9.72. The van der Waals surface area contributed by atoms with Crippen LogP contribution in [0.15, 0.2) is 36.5 Å². The van der Waals surface area contributed by atoms with Crippen molar-refractivity contribution in [2.24, 2.45) is 17.8 Å². The largest absolute Gasteiger partial charge is 0.493 e. The third-order valence-electron chi connectivity index (χ3n) is 9.32. The van der Waals surface area contributed by atoms with E-state index in [1.54, 1.807) is 0 Å². The smallest absolute Gasteiger partial charge is 0.213 e. The number of rotatable bonds is 11. The second-order valence-electron chi connectivity index (χ2n) is 14.0. The van der Waals surface area contributed by atoms with Gasteiger partial charge < -0.3 is 24.4 Å². The molecule has 0 spiro atoms. The molecular formula is C35H40F2INO6. The van der Waals surface area contributed by atoms with E-state index in [4.69, 9.17) is 17.3 Å². The number of ether oxygens (including phenoxy) is 3. The lowest BCUT2D eigenvalue weighted by Gasteiger charge is -2.42. The summed E-state index contributed by atoms with van der Waals surface area (Å²) in [7, 11) is 0. The second kappa shape index (κ2) is 12.3. The molecular weight excluding hydrogens is 695 g/mol. The van der Waals surface area contributed by atoms with Crippen LogP contribution in [0, 0.1) is 43.2 Å². The molecule has 2 N–H and O–H groups in total. The predicted molar refractivity (Wildman–Crippen MR) is 173 cm³/mol. The minimum atomic E-state index is -0.999. The zero-order valence-electron chi connectivity index (χ0n) is 26.2. The fraction of sp³-hybridized carbons (Fsp3) is 0.514. The van der Waals surface area contributed by atoms with Crippen LogP contribution >= 0.6 is 23.0 Å². The van der Waals surface area contributed by atoms with Gasteiger partial charge in [-0.05, 0) is 118 Å². The van der Waals surface area contributed by atoms with E-state index in [1.165, 1.54) is 17.2 Å². The number of aromatic nitrogens is 1. The molecule has 2 aromatic carbocycles. The molecule has 45 heavy (non-hydrogen) atoms. The highest BCUT2D eigenvalue weighted by atomic mass is 127. The van der Waals surface area contributed by atoms with Gasteiger partial charge in [-0.15, -0.1) is 0 Å². The van der Waals surface area contributed by atoms with Crippen molar-refractivity contribution < 1.29 is 36.3 Å². The first-order chi connectivity index (χ1) is 21.3. The van der Waals surface area contributed by atoms with E-state index in [0.717, 1.165) is 23.6 Å². The summed E-state index contributed by atoms with van der Waals surface area (Å²) < 4.78 is 53.8. The molecule has 6 rings (SSSR count). The Labute approximate surface area is 277 Å². The summed E-state index contributed by atoms with van der Waals surface area (Å²) in [6, 6.07) is 8.02. The van der Waals surface area contributed by atoms with Crippen LogP contribution in [0.4, 0.5) is 8.78 Å². The van der Waals surface area contributed by atoms with E-state index in [2.05, 4.69) is 4.98 Å². The minimum Gasteiger partial charge on any atom is -0.493 e. The topological polar surface area (TPSA) is 90.3 Å². The molecule has 3 aliphatic rings. The van der Waals surface area contributed by atoms with Crippen LogP contribution in [0.25, 0.3) is 11.1 Å². The molecule has 1 aromatic heterocycles. The van der Waals surface area contributed by atoms with Gasteiger partial charge in [-0.25, -0.2) is 13.8 Å². The highest BCUT2D eigenvalue weighted by Gasteiger charge is 2.60. The standard InChI is InChI=1S/C35H40F2INO6/c1-18-6-23(42-15-20-12-35(41,13-20)17-40)7-19(2)30(18)24-9-22(27(36)11-28(24)37)16-43-29-10-21-8-25-31(26(21)14-39-29)32(25)33(45-38)44-34(3,4)5/h6-7,9-11,14,20,25,31-33,40-41H,8,12-13,15-17H2,1-5H3/t20?,25-,31-,32+,33?,35?/m1/s1. The fourth-order valence-electron chi connectivity index (χ4n) is 7.23. The van der Waals surface area contributed by atoms with Gasteiger partial charge in [0.05, 0.1) is 24.4 Å². The molecule has 0 amide bonds. The van der Waals surface area contributed by atoms with Crippen molar-refractivity contribution in [3.05, 3.63) is 76.0 Å². The number of hydrogen-bond donors (Lipinski definition) is 2. The maximum absolute atomic E-state index is 15.2. The summed E-state index contributed by atoms with van der Waals surface area (Å²) >= 11 is 1.92. The SMILES string of the molecule is Cc1cc(OCC2CC(O)(CO)C2)cc(C)c1-c1cc(COc2cc3c(cn2)[C@H]2[C@@H](C3)[C@@H]2C(OI)OC(C)(C)C)c(F)cc1F. The summed E-state index contributed by atoms with van der Waals surface area (Å²) in [6.45, 7) is 9.88. The minimum absolute atomic E-state index is 0.0918. The molecule has 3 aliphatic carbocycles. The predicted octanol–water partition coefficient (Wildman–Crippen LogP) is 7.13. The van der Waals surface area contributed by atoms with Gasteiger partial charge in [0.25, 0.3) is 0 Å². The van der Waals surface area contributed by atoms with Crippen molar-refractivity contribution in [3.63, 3.8) is 0 Å². The number of hydrogen-bond acceptors (Lipinski definition) is 7. The normalized spacial score (nSPS) is 25.7. The first-order valence-corrected chi connectivity index (χ1v) is 16.3. The average Bonchev–Trinajstić information content (AvgIpc) is 3.53. The summed E-state index contributed by atoms with van der Waals surface area (Å²) in [4.78, 5) is 4.51. The molecule has 10 heteroatoms. The number of pyridine rings is 1. The summed E-state index contributed by atoms with van der Waals surface area (Å²) in [5.41, 5.74) is 3.84. The molecule has 0 radical (unpaired) electrons. The number of halogens is 3. The Hall–Kier alpha value is -2.38. The molecule has 0 saturated heterocycles. The number of nitrogens with zero attached hydrogens (tertiary/aromatic N) is 1. The Kier molecular flexibility index (Phi) is 8.92. The zero-order valence-corrected chi connectivity index (χ0v) is 28.4. The van der Waals surface area contributed by atoms with Crippen molar-refractivity contribution in [3.8, 4) is 22.8 Å². The lowest BCUT2D eigenvalue weighted by Crippen LogP contribution is -2.48. The van der Waals surface area contributed by atoms with Gasteiger partial charge in [0.1, 0.15) is 47.0 Å². The van der Waals surface area contributed by atoms with E-state index >= 15 is 4.39 Å². The molecule has 2 fully saturated rings. The Bertz CT molecular complexity index is 1560. The molecule has 0 aliphatic heterocycles. The van der Waals surface area contributed by atoms with Gasteiger partial charge in [0.2, 0.25) is 5.88 Å². The molecule has 0 bridgehead atoms. The lowest BCUT2D eigenvalue weighted by molar-refractivity contribution is -0.147. The molecule has 1 unspecified atom stereocenters. The molecule has 242 valence electrons. The van der Waals surface area contributed by atoms with E-state index in [-0.39, 0.29) is 42.5 Å². The molecule has 3 aromatic rings. The van der Waals surface area contributed by atoms with E-state index in [0.29, 0.717) is 54.0 Å². The van der Waals surface area contributed by atoms with Gasteiger partial charge in [0.15, 0.2) is 6.29 Å².